The molecule has 0 unspecified atom stereocenters. The number of carbonyl (C=O) groups excluding carboxylic acids is 1. The van der Waals surface area contributed by atoms with Gasteiger partial charge in [-0.2, -0.15) is 0 Å². The summed E-state index contributed by atoms with van der Waals surface area (Å²) in [6, 6.07) is 10.7. The predicted octanol–water partition coefficient (Wildman–Crippen LogP) is 2.23. The van der Waals surface area contributed by atoms with Crippen LogP contribution in [0, 0.1) is 0 Å². The van der Waals surface area contributed by atoms with E-state index in [2.05, 4.69) is 54.7 Å². The third kappa shape index (κ3) is 3.43. The fourth-order valence-corrected chi connectivity index (χ4v) is 4.88. The molecule has 30 heavy (non-hydrogen) atoms. The van der Waals surface area contributed by atoms with Crippen molar-refractivity contribution in [2.24, 2.45) is 5.73 Å². The van der Waals surface area contributed by atoms with Crippen LogP contribution in [0.4, 0.5) is 5.82 Å². The number of hydrogen-bond donors (Lipinski definition) is 1. The summed E-state index contributed by atoms with van der Waals surface area (Å²) in [5.41, 5.74) is 10.5. The molecule has 0 radical (unpaired) electrons. The van der Waals surface area contributed by atoms with E-state index in [1.807, 2.05) is 0 Å². The van der Waals surface area contributed by atoms with E-state index in [9.17, 15) is 4.79 Å². The van der Waals surface area contributed by atoms with Crippen molar-refractivity contribution in [1.29, 1.82) is 0 Å². The summed E-state index contributed by atoms with van der Waals surface area (Å²) in [6.45, 7) is 5.84. The number of carbonyl (C=O) groups is 1. The Morgan fingerprint density at radius 2 is 1.80 bits per heavy atom. The highest BCUT2D eigenvalue weighted by Crippen LogP contribution is 2.34. The number of aromatic nitrogens is 3. The Labute approximate surface area is 176 Å². The molecule has 0 saturated carbocycles. The van der Waals surface area contributed by atoms with Gasteiger partial charge in [0.05, 0.1) is 5.56 Å². The minimum Gasteiger partial charge on any atom is -0.365 e. The molecule has 1 saturated heterocycles. The van der Waals surface area contributed by atoms with Crippen molar-refractivity contribution in [2.45, 2.75) is 32.2 Å². The van der Waals surface area contributed by atoms with Crippen LogP contribution in [0.2, 0.25) is 0 Å². The van der Waals surface area contributed by atoms with Crippen LogP contribution in [0.5, 0.6) is 0 Å². The molecule has 1 amide bonds. The molecule has 2 aromatic heterocycles. The summed E-state index contributed by atoms with van der Waals surface area (Å²) in [5, 5.41) is 0. The Morgan fingerprint density at radius 3 is 2.57 bits per heavy atom. The van der Waals surface area contributed by atoms with Crippen molar-refractivity contribution in [1.82, 2.24) is 19.4 Å². The Bertz CT molecular complexity index is 1050. The number of nitrogens with two attached hydrogens (primary N) is 1. The molecular weight excluding hydrogens is 376 g/mol. The van der Waals surface area contributed by atoms with Gasteiger partial charge in [-0.1, -0.05) is 30.3 Å². The Balaban J connectivity index is 1.37. The number of primary amides is 1. The third-order valence-electron chi connectivity index (χ3n) is 6.45. The van der Waals surface area contributed by atoms with E-state index >= 15 is 0 Å². The van der Waals surface area contributed by atoms with Crippen LogP contribution in [-0.4, -0.2) is 58.1 Å². The van der Waals surface area contributed by atoms with E-state index in [1.54, 1.807) is 6.33 Å². The smallest absolute Gasteiger partial charge is 0.252 e. The fourth-order valence-electron chi connectivity index (χ4n) is 4.88. The van der Waals surface area contributed by atoms with Crippen LogP contribution in [0.3, 0.4) is 0 Å². The van der Waals surface area contributed by atoms with Crippen molar-refractivity contribution in [3.05, 3.63) is 53.5 Å². The molecule has 5 rings (SSSR count). The largest absolute Gasteiger partial charge is 0.365 e. The second-order valence-corrected chi connectivity index (χ2v) is 8.25. The Kier molecular flexibility index (Phi) is 5.12. The first-order valence-corrected chi connectivity index (χ1v) is 10.9. The van der Waals surface area contributed by atoms with Crippen molar-refractivity contribution < 1.29 is 4.79 Å². The maximum absolute atomic E-state index is 12.2. The third-order valence-corrected chi connectivity index (χ3v) is 6.45. The Morgan fingerprint density at radius 1 is 1.00 bits per heavy atom. The first kappa shape index (κ1) is 19.1. The summed E-state index contributed by atoms with van der Waals surface area (Å²) in [6.07, 6.45) is 5.72. The molecule has 1 aromatic carbocycles. The number of hydrogen-bond acceptors (Lipinski definition) is 5. The quantitative estimate of drug-likeness (QED) is 0.705. The summed E-state index contributed by atoms with van der Waals surface area (Å²) in [7, 11) is 0. The highest BCUT2D eigenvalue weighted by atomic mass is 16.1. The highest BCUT2D eigenvalue weighted by molar-refractivity contribution is 6.08. The lowest BCUT2D eigenvalue weighted by Gasteiger charge is -2.35. The molecule has 2 aliphatic heterocycles. The van der Waals surface area contributed by atoms with E-state index in [0.717, 1.165) is 87.5 Å². The van der Waals surface area contributed by atoms with Crippen LogP contribution in [0.1, 0.15) is 34.5 Å². The molecule has 0 spiro atoms. The number of fused-ring (bicyclic) bond motifs is 3. The maximum atomic E-state index is 12.2. The number of nitrogens with zero attached hydrogens (tertiary/aromatic N) is 5. The van der Waals surface area contributed by atoms with Crippen LogP contribution >= 0.6 is 0 Å². The highest BCUT2D eigenvalue weighted by Gasteiger charge is 2.28. The standard InChI is InChI=1S/C23H28N6O/c24-22(30)19-18-8-4-5-10-29(18)21-20(19)25-16-26-23(21)28-14-12-27(13-15-28)11-9-17-6-2-1-3-7-17/h1-3,6-7,16H,4-5,8-15H2,(H2,24,30). The molecule has 0 bridgehead atoms. The second-order valence-electron chi connectivity index (χ2n) is 8.25. The van der Waals surface area contributed by atoms with Gasteiger partial charge in [0.25, 0.3) is 5.91 Å². The normalized spacial score (nSPS) is 17.3. The maximum Gasteiger partial charge on any atom is 0.252 e. The number of amides is 1. The lowest BCUT2D eigenvalue weighted by Crippen LogP contribution is -2.47. The van der Waals surface area contributed by atoms with Crippen molar-refractivity contribution >= 4 is 22.8 Å². The average Bonchev–Trinajstić information content (AvgIpc) is 3.14. The van der Waals surface area contributed by atoms with E-state index in [4.69, 9.17) is 5.73 Å². The Hall–Kier alpha value is -2.93. The SMILES string of the molecule is NC(=O)c1c2n(c3c(N4CCN(CCc5ccccc5)CC4)ncnc13)CCCC2. The minimum absolute atomic E-state index is 0.383. The van der Waals surface area contributed by atoms with E-state index in [0.29, 0.717) is 5.56 Å². The molecule has 156 valence electrons. The number of rotatable bonds is 5. The first-order chi connectivity index (χ1) is 14.7. The zero-order valence-corrected chi connectivity index (χ0v) is 17.3. The fraction of sp³-hybridized carbons (Fsp3) is 0.435. The topological polar surface area (TPSA) is 80.3 Å². The van der Waals surface area contributed by atoms with Gasteiger partial charge >= 0.3 is 0 Å². The number of aryl methyl sites for hydroxylation is 1. The van der Waals surface area contributed by atoms with Crippen molar-refractivity contribution in [3.63, 3.8) is 0 Å². The van der Waals surface area contributed by atoms with Crippen molar-refractivity contribution in [3.8, 4) is 0 Å². The van der Waals surface area contributed by atoms with Gasteiger partial charge in [0.1, 0.15) is 17.4 Å². The van der Waals surface area contributed by atoms with Gasteiger partial charge in [-0.05, 0) is 31.2 Å². The van der Waals surface area contributed by atoms with Gasteiger partial charge in [-0.25, -0.2) is 9.97 Å². The van der Waals surface area contributed by atoms with Gasteiger partial charge in [-0.15, -0.1) is 0 Å². The lowest BCUT2D eigenvalue weighted by molar-refractivity contribution is 0.1000. The first-order valence-electron chi connectivity index (χ1n) is 10.9. The molecule has 7 heteroatoms. The summed E-state index contributed by atoms with van der Waals surface area (Å²) in [5.74, 6) is 0.560. The minimum atomic E-state index is -0.383. The van der Waals surface area contributed by atoms with Gasteiger partial charge in [0, 0.05) is 45.0 Å². The van der Waals surface area contributed by atoms with Crippen LogP contribution in [-0.2, 0) is 19.4 Å². The van der Waals surface area contributed by atoms with Gasteiger partial charge in [0.15, 0.2) is 5.82 Å². The molecule has 3 aromatic rings. The molecule has 2 N–H and O–H groups in total. The van der Waals surface area contributed by atoms with Gasteiger partial charge in [0.2, 0.25) is 0 Å². The zero-order valence-electron chi connectivity index (χ0n) is 17.3. The molecule has 2 aliphatic rings. The summed E-state index contributed by atoms with van der Waals surface area (Å²) < 4.78 is 2.25. The zero-order chi connectivity index (χ0) is 20.5. The molecule has 1 fully saturated rings. The number of anilines is 1. The molecular formula is C23H28N6O. The summed E-state index contributed by atoms with van der Waals surface area (Å²) >= 11 is 0. The van der Waals surface area contributed by atoms with Crippen molar-refractivity contribution in [2.75, 3.05) is 37.6 Å². The number of benzene rings is 1. The van der Waals surface area contributed by atoms with E-state index in [-0.39, 0.29) is 5.91 Å². The summed E-state index contributed by atoms with van der Waals surface area (Å²) in [4.78, 5) is 26.2. The lowest BCUT2D eigenvalue weighted by atomic mass is 10.1. The van der Waals surface area contributed by atoms with Crippen LogP contribution in [0.15, 0.2) is 36.7 Å². The molecule has 7 nitrogen and oxygen atoms in total. The second kappa shape index (κ2) is 8.07. The molecule has 0 atom stereocenters. The van der Waals surface area contributed by atoms with E-state index in [1.165, 1.54) is 5.56 Å². The predicted molar refractivity (Wildman–Crippen MR) is 118 cm³/mol. The van der Waals surface area contributed by atoms with Crippen LogP contribution < -0.4 is 10.6 Å². The molecule has 0 aliphatic carbocycles. The number of piperazine rings is 1. The van der Waals surface area contributed by atoms with Gasteiger partial charge in [-0.3, -0.25) is 9.69 Å². The average molecular weight is 405 g/mol. The monoisotopic (exact) mass is 404 g/mol. The molecule has 4 heterocycles. The van der Waals surface area contributed by atoms with Crippen LogP contribution in [0.25, 0.3) is 11.0 Å². The van der Waals surface area contributed by atoms with E-state index < -0.39 is 0 Å². The van der Waals surface area contributed by atoms with Gasteiger partial charge < -0.3 is 15.2 Å².